The first-order valence-corrected chi connectivity index (χ1v) is 7.44. The van der Waals surface area contributed by atoms with Gasteiger partial charge in [-0.3, -0.25) is 0 Å². The second kappa shape index (κ2) is 5.41. The average molecular weight is 267 g/mol. The maximum absolute atomic E-state index is 5.98. The van der Waals surface area contributed by atoms with Crippen LogP contribution in [0.15, 0.2) is 17.0 Å². The zero-order chi connectivity index (χ0) is 13.2. The molecule has 1 aromatic carbocycles. The number of rotatable bonds is 5. The number of ether oxygens (including phenoxy) is 2. The summed E-state index contributed by atoms with van der Waals surface area (Å²) in [6.07, 6.45) is 5.56. The van der Waals surface area contributed by atoms with E-state index in [1.54, 1.807) is 26.0 Å². The zero-order valence-electron chi connectivity index (χ0n) is 11.3. The molecule has 0 atom stereocenters. The number of methoxy groups -OCH3 is 2. The molecular formula is C14H21NO2S. The number of benzene rings is 1. The molecule has 4 heteroatoms. The van der Waals surface area contributed by atoms with Crippen LogP contribution in [0.1, 0.15) is 24.8 Å². The van der Waals surface area contributed by atoms with Crippen molar-refractivity contribution in [2.75, 3.05) is 27.0 Å². The number of hydrogen-bond donors (Lipinski definition) is 1. The lowest BCUT2D eigenvalue weighted by Gasteiger charge is -2.42. The predicted octanol–water partition coefficient (Wildman–Crippen LogP) is 2.81. The lowest BCUT2D eigenvalue weighted by molar-refractivity contribution is 0.242. The van der Waals surface area contributed by atoms with Gasteiger partial charge in [-0.1, -0.05) is 6.42 Å². The molecule has 18 heavy (non-hydrogen) atoms. The third-order valence-electron chi connectivity index (χ3n) is 3.98. The molecule has 0 saturated heterocycles. The highest BCUT2D eigenvalue weighted by Crippen LogP contribution is 2.49. The lowest BCUT2D eigenvalue weighted by Crippen LogP contribution is -2.41. The van der Waals surface area contributed by atoms with Crippen molar-refractivity contribution >= 4 is 11.8 Å². The molecule has 1 aliphatic rings. The van der Waals surface area contributed by atoms with Crippen LogP contribution in [0.5, 0.6) is 11.5 Å². The lowest BCUT2D eigenvalue weighted by atomic mass is 9.64. The minimum Gasteiger partial charge on any atom is -0.496 e. The number of hydrogen-bond acceptors (Lipinski definition) is 4. The standard InChI is InChI=1S/C14H21NO2S/c1-16-11-8-13(18-3)12(17-2)7-10(11)14(9-15)5-4-6-14/h7-8H,4-6,9,15H2,1-3H3. The van der Waals surface area contributed by atoms with Crippen molar-refractivity contribution in [2.45, 2.75) is 29.6 Å². The van der Waals surface area contributed by atoms with Crippen molar-refractivity contribution in [2.24, 2.45) is 5.73 Å². The van der Waals surface area contributed by atoms with E-state index in [-0.39, 0.29) is 5.41 Å². The molecule has 1 aliphatic carbocycles. The second-order valence-electron chi connectivity index (χ2n) is 4.75. The second-order valence-corrected chi connectivity index (χ2v) is 5.59. The fourth-order valence-electron chi connectivity index (χ4n) is 2.63. The quantitative estimate of drug-likeness (QED) is 0.833. The van der Waals surface area contributed by atoms with E-state index in [2.05, 4.69) is 12.1 Å². The van der Waals surface area contributed by atoms with Crippen LogP contribution in [-0.2, 0) is 5.41 Å². The molecule has 2 N–H and O–H groups in total. The van der Waals surface area contributed by atoms with Gasteiger partial charge in [0.1, 0.15) is 11.5 Å². The van der Waals surface area contributed by atoms with Crippen molar-refractivity contribution in [3.05, 3.63) is 17.7 Å². The van der Waals surface area contributed by atoms with Crippen LogP contribution < -0.4 is 15.2 Å². The van der Waals surface area contributed by atoms with Gasteiger partial charge in [-0.15, -0.1) is 11.8 Å². The Morgan fingerprint density at radius 1 is 1.22 bits per heavy atom. The van der Waals surface area contributed by atoms with E-state index in [0.717, 1.165) is 29.2 Å². The molecule has 1 aromatic rings. The molecule has 0 unspecified atom stereocenters. The number of thioether (sulfide) groups is 1. The molecule has 0 amide bonds. The van der Waals surface area contributed by atoms with E-state index in [4.69, 9.17) is 15.2 Å². The summed E-state index contributed by atoms with van der Waals surface area (Å²) in [6.45, 7) is 0.672. The van der Waals surface area contributed by atoms with Gasteiger partial charge in [0, 0.05) is 17.5 Å². The van der Waals surface area contributed by atoms with Gasteiger partial charge in [0.25, 0.3) is 0 Å². The fraction of sp³-hybridized carbons (Fsp3) is 0.571. The highest BCUT2D eigenvalue weighted by atomic mass is 32.2. The summed E-state index contributed by atoms with van der Waals surface area (Å²) in [4.78, 5) is 1.10. The van der Waals surface area contributed by atoms with Gasteiger partial charge in [0.15, 0.2) is 0 Å². The van der Waals surface area contributed by atoms with Crippen molar-refractivity contribution in [3.63, 3.8) is 0 Å². The molecule has 0 aromatic heterocycles. The Hall–Kier alpha value is -0.870. The van der Waals surface area contributed by atoms with E-state index in [9.17, 15) is 0 Å². The normalized spacial score (nSPS) is 17.1. The van der Waals surface area contributed by atoms with Crippen LogP contribution in [0, 0.1) is 0 Å². The molecule has 100 valence electrons. The fourth-order valence-corrected chi connectivity index (χ4v) is 3.20. The topological polar surface area (TPSA) is 44.5 Å². The molecule has 0 radical (unpaired) electrons. The monoisotopic (exact) mass is 267 g/mol. The van der Waals surface area contributed by atoms with E-state index in [0.29, 0.717) is 6.54 Å². The Morgan fingerprint density at radius 3 is 2.28 bits per heavy atom. The maximum Gasteiger partial charge on any atom is 0.132 e. The van der Waals surface area contributed by atoms with Crippen LogP contribution >= 0.6 is 11.8 Å². The number of nitrogens with two attached hydrogens (primary N) is 1. The summed E-state index contributed by atoms with van der Waals surface area (Å²) in [7, 11) is 3.43. The zero-order valence-corrected chi connectivity index (χ0v) is 12.1. The first-order chi connectivity index (χ1) is 8.70. The van der Waals surface area contributed by atoms with Crippen LogP contribution in [-0.4, -0.2) is 27.0 Å². The van der Waals surface area contributed by atoms with Crippen molar-refractivity contribution in [3.8, 4) is 11.5 Å². The Bertz CT molecular complexity index is 425. The van der Waals surface area contributed by atoms with Crippen LogP contribution in [0.2, 0.25) is 0 Å². The van der Waals surface area contributed by atoms with E-state index < -0.39 is 0 Å². The summed E-state index contributed by atoms with van der Waals surface area (Å²) in [5.74, 6) is 1.85. The van der Waals surface area contributed by atoms with Crippen LogP contribution in [0.4, 0.5) is 0 Å². The molecule has 0 bridgehead atoms. The van der Waals surface area contributed by atoms with E-state index in [1.807, 2.05) is 6.26 Å². The third-order valence-corrected chi connectivity index (χ3v) is 4.74. The van der Waals surface area contributed by atoms with Gasteiger partial charge in [0.2, 0.25) is 0 Å². The highest BCUT2D eigenvalue weighted by molar-refractivity contribution is 7.98. The Kier molecular flexibility index (Phi) is 4.07. The Labute approximate surface area is 113 Å². The van der Waals surface area contributed by atoms with Gasteiger partial charge in [-0.2, -0.15) is 0 Å². The summed E-state index contributed by atoms with van der Waals surface area (Å²) in [5, 5.41) is 0. The van der Waals surface area contributed by atoms with Gasteiger partial charge < -0.3 is 15.2 Å². The van der Waals surface area contributed by atoms with Gasteiger partial charge in [-0.25, -0.2) is 0 Å². The molecular weight excluding hydrogens is 246 g/mol. The van der Waals surface area contributed by atoms with Gasteiger partial charge in [0.05, 0.1) is 19.1 Å². The van der Waals surface area contributed by atoms with E-state index >= 15 is 0 Å². The van der Waals surface area contributed by atoms with Gasteiger partial charge in [-0.05, 0) is 31.2 Å². The molecule has 1 saturated carbocycles. The third kappa shape index (κ3) is 2.08. The Morgan fingerprint density at radius 2 is 1.89 bits per heavy atom. The minimum atomic E-state index is 0.0928. The SMILES string of the molecule is COc1cc(C2(CN)CCC2)c(OC)cc1SC. The Balaban J connectivity index is 2.51. The first kappa shape index (κ1) is 13.6. The molecule has 3 nitrogen and oxygen atoms in total. The van der Waals surface area contributed by atoms with Crippen LogP contribution in [0.25, 0.3) is 0 Å². The van der Waals surface area contributed by atoms with Crippen molar-refractivity contribution < 1.29 is 9.47 Å². The van der Waals surface area contributed by atoms with E-state index in [1.165, 1.54) is 12.0 Å². The largest absolute Gasteiger partial charge is 0.496 e. The van der Waals surface area contributed by atoms with Crippen LogP contribution in [0.3, 0.4) is 0 Å². The predicted molar refractivity (Wildman–Crippen MR) is 75.9 cm³/mol. The average Bonchev–Trinajstić information content (AvgIpc) is 2.37. The molecule has 0 heterocycles. The summed E-state index contributed by atoms with van der Waals surface area (Å²) in [5.41, 5.74) is 7.28. The smallest absolute Gasteiger partial charge is 0.132 e. The highest BCUT2D eigenvalue weighted by Gasteiger charge is 2.40. The molecule has 1 fully saturated rings. The molecule has 0 aliphatic heterocycles. The van der Waals surface area contributed by atoms with Crippen molar-refractivity contribution in [1.29, 1.82) is 0 Å². The summed E-state index contributed by atoms with van der Waals surface area (Å²) < 4.78 is 11.0. The summed E-state index contributed by atoms with van der Waals surface area (Å²) >= 11 is 1.67. The molecule has 2 rings (SSSR count). The first-order valence-electron chi connectivity index (χ1n) is 6.21. The summed E-state index contributed by atoms with van der Waals surface area (Å²) in [6, 6.07) is 4.17. The van der Waals surface area contributed by atoms with Crippen molar-refractivity contribution in [1.82, 2.24) is 0 Å². The molecule has 0 spiro atoms. The maximum atomic E-state index is 5.98. The van der Waals surface area contributed by atoms with Gasteiger partial charge >= 0.3 is 0 Å². The minimum absolute atomic E-state index is 0.0928.